The second kappa shape index (κ2) is 8.29. The summed E-state index contributed by atoms with van der Waals surface area (Å²) in [5.74, 6) is -0.902. The maximum Gasteiger partial charge on any atom is 0.253 e. The third kappa shape index (κ3) is 5.20. The molecule has 3 N–H and O–H groups in total. The van der Waals surface area contributed by atoms with Crippen molar-refractivity contribution in [2.24, 2.45) is 5.73 Å². The SMILES string of the molecule is CC(OCC1CCCCO1)C(=O)Nc1ccc(C(N)=O)c(Cl)c1. The van der Waals surface area contributed by atoms with Crippen LogP contribution in [0.4, 0.5) is 5.69 Å². The largest absolute Gasteiger partial charge is 0.376 e. The summed E-state index contributed by atoms with van der Waals surface area (Å²) in [6, 6.07) is 4.53. The van der Waals surface area contributed by atoms with Crippen molar-refractivity contribution in [1.82, 2.24) is 0 Å². The lowest BCUT2D eigenvalue weighted by atomic mass is 10.1. The van der Waals surface area contributed by atoms with Crippen LogP contribution in [0, 0.1) is 0 Å². The number of hydrogen-bond acceptors (Lipinski definition) is 4. The number of rotatable bonds is 6. The average molecular weight is 341 g/mol. The molecule has 2 amide bonds. The van der Waals surface area contributed by atoms with Crippen LogP contribution in [0.1, 0.15) is 36.5 Å². The van der Waals surface area contributed by atoms with Gasteiger partial charge in [0.25, 0.3) is 5.91 Å². The fourth-order valence-corrected chi connectivity index (χ4v) is 2.58. The van der Waals surface area contributed by atoms with Gasteiger partial charge >= 0.3 is 0 Å². The summed E-state index contributed by atoms with van der Waals surface area (Å²) in [7, 11) is 0. The van der Waals surface area contributed by atoms with Crippen LogP contribution in [0.2, 0.25) is 5.02 Å². The molecule has 126 valence electrons. The standard InChI is InChI=1S/C16H21ClN2O4/c1-10(23-9-12-4-2-3-7-22-12)16(21)19-11-5-6-13(15(18)20)14(17)8-11/h5-6,8,10,12H,2-4,7,9H2,1H3,(H2,18,20)(H,19,21). The molecule has 0 aromatic heterocycles. The first-order valence-electron chi connectivity index (χ1n) is 7.61. The van der Waals surface area contributed by atoms with Gasteiger partial charge in [-0.1, -0.05) is 11.6 Å². The number of anilines is 1. The Balaban J connectivity index is 1.85. The van der Waals surface area contributed by atoms with Crippen LogP contribution in [0.5, 0.6) is 0 Å². The first kappa shape index (κ1) is 17.7. The summed E-state index contributed by atoms with van der Waals surface area (Å²) in [5.41, 5.74) is 5.87. The van der Waals surface area contributed by atoms with Crippen molar-refractivity contribution in [2.75, 3.05) is 18.5 Å². The van der Waals surface area contributed by atoms with Crippen molar-refractivity contribution in [3.05, 3.63) is 28.8 Å². The Kier molecular flexibility index (Phi) is 6.38. The topological polar surface area (TPSA) is 90.7 Å². The smallest absolute Gasteiger partial charge is 0.253 e. The van der Waals surface area contributed by atoms with E-state index in [9.17, 15) is 9.59 Å². The molecule has 6 nitrogen and oxygen atoms in total. The van der Waals surface area contributed by atoms with E-state index < -0.39 is 12.0 Å². The van der Waals surface area contributed by atoms with Crippen LogP contribution in [0.3, 0.4) is 0 Å². The lowest BCUT2D eigenvalue weighted by Gasteiger charge is -2.23. The van der Waals surface area contributed by atoms with E-state index in [0.29, 0.717) is 12.3 Å². The highest BCUT2D eigenvalue weighted by atomic mass is 35.5. The molecule has 0 bridgehead atoms. The third-order valence-electron chi connectivity index (χ3n) is 3.68. The molecule has 0 saturated carbocycles. The van der Waals surface area contributed by atoms with Crippen LogP contribution in [0.25, 0.3) is 0 Å². The Morgan fingerprint density at radius 3 is 2.87 bits per heavy atom. The van der Waals surface area contributed by atoms with Crippen LogP contribution in [-0.2, 0) is 14.3 Å². The number of carbonyl (C=O) groups is 2. The van der Waals surface area contributed by atoms with Gasteiger partial charge in [0.2, 0.25) is 5.91 Å². The fourth-order valence-electron chi connectivity index (χ4n) is 2.30. The first-order valence-corrected chi connectivity index (χ1v) is 7.98. The van der Waals surface area contributed by atoms with E-state index in [4.69, 9.17) is 26.8 Å². The molecule has 7 heteroatoms. The zero-order valence-corrected chi connectivity index (χ0v) is 13.8. The predicted octanol–water partition coefficient (Wildman–Crippen LogP) is 2.35. The number of ether oxygens (including phenoxy) is 2. The van der Waals surface area contributed by atoms with Crippen molar-refractivity contribution in [3.63, 3.8) is 0 Å². The molecular weight excluding hydrogens is 320 g/mol. The lowest BCUT2D eigenvalue weighted by molar-refractivity contribution is -0.130. The highest BCUT2D eigenvalue weighted by Crippen LogP contribution is 2.21. The molecule has 23 heavy (non-hydrogen) atoms. The summed E-state index contributed by atoms with van der Waals surface area (Å²) in [4.78, 5) is 23.2. The number of nitrogens with two attached hydrogens (primary N) is 1. The molecule has 0 spiro atoms. The van der Waals surface area contributed by atoms with E-state index in [0.717, 1.165) is 25.9 Å². The number of nitrogens with one attached hydrogen (secondary N) is 1. The molecule has 1 heterocycles. The maximum atomic E-state index is 12.1. The Morgan fingerprint density at radius 1 is 1.48 bits per heavy atom. The van der Waals surface area contributed by atoms with Crippen molar-refractivity contribution < 1.29 is 19.1 Å². The number of hydrogen-bond donors (Lipinski definition) is 2. The van der Waals surface area contributed by atoms with Gasteiger partial charge in [-0.2, -0.15) is 0 Å². The second-order valence-electron chi connectivity index (χ2n) is 5.51. The van der Waals surface area contributed by atoms with E-state index >= 15 is 0 Å². The molecule has 1 aliphatic heterocycles. The Bertz CT molecular complexity index is 573. The zero-order valence-electron chi connectivity index (χ0n) is 13.0. The summed E-state index contributed by atoms with van der Waals surface area (Å²) >= 11 is 5.95. The van der Waals surface area contributed by atoms with E-state index in [1.165, 1.54) is 12.1 Å². The van der Waals surface area contributed by atoms with Crippen molar-refractivity contribution in [2.45, 2.75) is 38.4 Å². The molecule has 1 saturated heterocycles. The van der Waals surface area contributed by atoms with E-state index in [2.05, 4.69) is 5.32 Å². The zero-order chi connectivity index (χ0) is 16.8. The van der Waals surface area contributed by atoms with Gasteiger partial charge in [-0.3, -0.25) is 9.59 Å². The Hall–Kier alpha value is -1.63. The third-order valence-corrected chi connectivity index (χ3v) is 3.99. The first-order chi connectivity index (χ1) is 11.0. The summed E-state index contributed by atoms with van der Waals surface area (Å²) < 4.78 is 11.1. The van der Waals surface area contributed by atoms with Crippen LogP contribution in [0.15, 0.2) is 18.2 Å². The minimum Gasteiger partial charge on any atom is -0.376 e. The van der Waals surface area contributed by atoms with E-state index in [1.54, 1.807) is 13.0 Å². The molecule has 1 aromatic rings. The van der Waals surface area contributed by atoms with E-state index in [1.807, 2.05) is 0 Å². The minimum atomic E-state index is -0.616. The Morgan fingerprint density at radius 2 is 2.26 bits per heavy atom. The van der Waals surface area contributed by atoms with Gasteiger partial charge in [-0.25, -0.2) is 0 Å². The quantitative estimate of drug-likeness (QED) is 0.831. The van der Waals surface area contributed by atoms with Gasteiger partial charge in [0.05, 0.1) is 23.3 Å². The van der Waals surface area contributed by atoms with E-state index in [-0.39, 0.29) is 22.6 Å². The Labute approximate surface area is 140 Å². The monoisotopic (exact) mass is 340 g/mol. The summed E-state index contributed by atoms with van der Waals surface area (Å²) in [6.07, 6.45) is 2.60. The van der Waals surface area contributed by atoms with Crippen molar-refractivity contribution >= 4 is 29.1 Å². The normalized spacial score (nSPS) is 19.1. The molecule has 0 aliphatic carbocycles. The fraction of sp³-hybridized carbons (Fsp3) is 0.500. The number of primary amides is 1. The van der Waals surface area contributed by atoms with Crippen molar-refractivity contribution in [3.8, 4) is 0 Å². The molecule has 2 atom stereocenters. The molecule has 1 aliphatic rings. The van der Waals surface area contributed by atoms with Gasteiger partial charge in [-0.15, -0.1) is 0 Å². The van der Waals surface area contributed by atoms with Gasteiger partial charge in [0.15, 0.2) is 0 Å². The number of halogens is 1. The number of amides is 2. The minimum absolute atomic E-state index is 0.0586. The predicted molar refractivity (Wildman–Crippen MR) is 87.6 cm³/mol. The molecule has 2 rings (SSSR count). The number of carbonyl (C=O) groups excluding carboxylic acids is 2. The van der Waals surface area contributed by atoms with Crippen molar-refractivity contribution in [1.29, 1.82) is 0 Å². The molecule has 2 unspecified atom stereocenters. The highest BCUT2D eigenvalue weighted by Gasteiger charge is 2.19. The average Bonchev–Trinajstić information content (AvgIpc) is 2.53. The molecule has 0 radical (unpaired) electrons. The molecule has 1 fully saturated rings. The molecular formula is C16H21ClN2O4. The lowest BCUT2D eigenvalue weighted by Crippen LogP contribution is -2.32. The second-order valence-corrected chi connectivity index (χ2v) is 5.92. The van der Waals surface area contributed by atoms with Gasteiger partial charge in [0, 0.05) is 12.3 Å². The number of benzene rings is 1. The van der Waals surface area contributed by atoms with Crippen LogP contribution >= 0.6 is 11.6 Å². The van der Waals surface area contributed by atoms with Crippen LogP contribution in [-0.4, -0.2) is 37.2 Å². The maximum absolute atomic E-state index is 12.1. The van der Waals surface area contributed by atoms with Crippen LogP contribution < -0.4 is 11.1 Å². The van der Waals surface area contributed by atoms with Gasteiger partial charge < -0.3 is 20.5 Å². The van der Waals surface area contributed by atoms with Gasteiger partial charge in [0.1, 0.15) is 6.10 Å². The van der Waals surface area contributed by atoms with Gasteiger partial charge in [-0.05, 0) is 44.4 Å². The summed E-state index contributed by atoms with van der Waals surface area (Å²) in [6.45, 7) is 2.83. The highest BCUT2D eigenvalue weighted by molar-refractivity contribution is 6.34. The molecule has 1 aromatic carbocycles. The summed E-state index contributed by atoms with van der Waals surface area (Å²) in [5, 5.41) is 2.89.